The van der Waals surface area contributed by atoms with Gasteiger partial charge in [-0.05, 0) is 48.4 Å². The van der Waals surface area contributed by atoms with E-state index in [9.17, 15) is 9.59 Å². The second-order valence-electron chi connectivity index (χ2n) is 6.66. The van der Waals surface area contributed by atoms with Crippen molar-refractivity contribution >= 4 is 22.7 Å². The molecule has 0 amide bonds. The summed E-state index contributed by atoms with van der Waals surface area (Å²) >= 11 is 0. The Labute approximate surface area is 169 Å². The highest BCUT2D eigenvalue weighted by atomic mass is 16.6. The zero-order valence-corrected chi connectivity index (χ0v) is 16.3. The molecule has 5 nitrogen and oxygen atoms in total. The van der Waals surface area contributed by atoms with E-state index in [0.717, 1.165) is 28.5 Å². The summed E-state index contributed by atoms with van der Waals surface area (Å²) in [6.07, 6.45) is 2.03. The molecule has 148 valence electrons. The van der Waals surface area contributed by atoms with Crippen LogP contribution in [0.25, 0.3) is 10.8 Å². The van der Waals surface area contributed by atoms with Crippen molar-refractivity contribution in [3.63, 3.8) is 0 Å². The van der Waals surface area contributed by atoms with Crippen molar-refractivity contribution in [3.05, 3.63) is 84.4 Å². The van der Waals surface area contributed by atoms with Crippen LogP contribution in [0.1, 0.15) is 19.4 Å². The predicted molar refractivity (Wildman–Crippen MR) is 111 cm³/mol. The summed E-state index contributed by atoms with van der Waals surface area (Å²) in [6.45, 7) is 3.88. The highest BCUT2D eigenvalue weighted by Crippen LogP contribution is 2.27. The van der Waals surface area contributed by atoms with E-state index in [2.05, 4.69) is 0 Å². The van der Waals surface area contributed by atoms with Crippen LogP contribution in [0.5, 0.6) is 11.5 Å². The fourth-order valence-corrected chi connectivity index (χ4v) is 2.70. The molecular weight excluding hydrogens is 368 g/mol. The molecule has 0 spiro atoms. The maximum atomic E-state index is 12.0. The monoisotopic (exact) mass is 390 g/mol. The molecule has 0 bridgehead atoms. The Bertz CT molecular complexity index is 1040. The first kappa shape index (κ1) is 20.1. The molecule has 0 saturated carbocycles. The molecule has 3 aromatic rings. The minimum Gasteiger partial charge on any atom is -0.487 e. The van der Waals surface area contributed by atoms with Gasteiger partial charge in [-0.25, -0.2) is 9.59 Å². The first-order chi connectivity index (χ1) is 14.0. The van der Waals surface area contributed by atoms with E-state index < -0.39 is 11.9 Å². The Hall–Kier alpha value is -3.60. The quantitative estimate of drug-likeness (QED) is 0.328. The highest BCUT2D eigenvalue weighted by Gasteiger charge is 2.10. The fourth-order valence-electron chi connectivity index (χ4n) is 2.70. The molecule has 29 heavy (non-hydrogen) atoms. The normalized spacial score (nSPS) is 11.0. The van der Waals surface area contributed by atoms with Crippen molar-refractivity contribution in [2.24, 2.45) is 0 Å². The van der Waals surface area contributed by atoms with Gasteiger partial charge < -0.3 is 14.2 Å². The Kier molecular flexibility index (Phi) is 6.63. The first-order valence-corrected chi connectivity index (χ1v) is 9.31. The molecule has 0 saturated heterocycles. The number of fused-ring (bicyclic) bond motifs is 1. The van der Waals surface area contributed by atoms with Gasteiger partial charge in [-0.2, -0.15) is 0 Å². The molecule has 0 heterocycles. The van der Waals surface area contributed by atoms with E-state index >= 15 is 0 Å². The number of hydrogen-bond acceptors (Lipinski definition) is 5. The summed E-state index contributed by atoms with van der Waals surface area (Å²) < 4.78 is 16.0. The molecule has 0 radical (unpaired) electrons. The largest absolute Gasteiger partial charge is 0.487 e. The van der Waals surface area contributed by atoms with Gasteiger partial charge in [-0.3, -0.25) is 0 Å². The minimum atomic E-state index is -0.688. The zero-order valence-electron chi connectivity index (χ0n) is 16.3. The van der Waals surface area contributed by atoms with Crippen molar-refractivity contribution in [1.82, 2.24) is 0 Å². The summed E-state index contributed by atoms with van der Waals surface area (Å²) in [5, 5.41) is 2.19. The summed E-state index contributed by atoms with van der Waals surface area (Å²) in [5.41, 5.74) is 0.868. The average molecular weight is 390 g/mol. The molecule has 0 unspecified atom stereocenters. The van der Waals surface area contributed by atoms with E-state index in [1.165, 1.54) is 0 Å². The lowest BCUT2D eigenvalue weighted by Gasteiger charge is -2.13. The molecule has 0 aliphatic carbocycles. The number of carbonyl (C=O) groups excluding carboxylic acids is 2. The van der Waals surface area contributed by atoms with Crippen LogP contribution >= 0.6 is 0 Å². The second-order valence-corrected chi connectivity index (χ2v) is 6.66. The Balaban J connectivity index is 1.54. The minimum absolute atomic E-state index is 0.0597. The molecule has 0 aliphatic rings. The van der Waals surface area contributed by atoms with Gasteiger partial charge in [-0.1, -0.05) is 48.5 Å². The van der Waals surface area contributed by atoms with Crippen LogP contribution in [-0.2, 0) is 20.9 Å². The number of hydrogen-bond donors (Lipinski definition) is 0. The lowest BCUT2D eigenvalue weighted by atomic mass is 10.1. The van der Waals surface area contributed by atoms with E-state index in [-0.39, 0.29) is 12.7 Å². The van der Waals surface area contributed by atoms with Crippen molar-refractivity contribution in [1.29, 1.82) is 0 Å². The topological polar surface area (TPSA) is 61.8 Å². The summed E-state index contributed by atoms with van der Waals surface area (Å²) in [6, 6.07) is 20.6. The van der Waals surface area contributed by atoms with Gasteiger partial charge in [0.25, 0.3) is 0 Å². The Morgan fingerprint density at radius 2 is 1.48 bits per heavy atom. The number of benzene rings is 3. The van der Waals surface area contributed by atoms with E-state index in [0.29, 0.717) is 11.5 Å². The second kappa shape index (κ2) is 9.55. The molecule has 0 aliphatic heterocycles. The molecule has 0 atom stereocenters. The van der Waals surface area contributed by atoms with Gasteiger partial charge >= 0.3 is 11.9 Å². The highest BCUT2D eigenvalue weighted by molar-refractivity contribution is 5.92. The molecule has 3 aromatic carbocycles. The molecule has 0 N–H and O–H groups in total. The Morgan fingerprint density at radius 3 is 2.24 bits per heavy atom. The van der Waals surface area contributed by atoms with Gasteiger partial charge in [0.05, 0.1) is 6.10 Å². The third-order valence-corrected chi connectivity index (χ3v) is 3.97. The van der Waals surface area contributed by atoms with Crippen molar-refractivity contribution in [2.75, 3.05) is 0 Å². The summed E-state index contributed by atoms with van der Waals surface area (Å²) in [7, 11) is 0. The van der Waals surface area contributed by atoms with E-state index in [1.807, 2.05) is 56.3 Å². The van der Waals surface area contributed by atoms with Crippen LogP contribution < -0.4 is 9.47 Å². The van der Waals surface area contributed by atoms with Gasteiger partial charge in [0, 0.05) is 12.2 Å². The first-order valence-electron chi connectivity index (χ1n) is 9.31. The van der Waals surface area contributed by atoms with Crippen LogP contribution in [-0.4, -0.2) is 18.0 Å². The molecule has 5 heteroatoms. The molecular formula is C24H22O5. The zero-order chi connectivity index (χ0) is 20.6. The third-order valence-electron chi connectivity index (χ3n) is 3.97. The number of para-hydroxylation sites is 2. The lowest BCUT2D eigenvalue weighted by molar-refractivity contribution is -0.139. The smallest absolute Gasteiger partial charge is 0.336 e. The maximum absolute atomic E-state index is 12.0. The number of esters is 2. The standard InChI is InChI=1S/C24H22O5/c1-17(2)28-21-9-5-6-10-22(21)29-24(26)14-13-23(25)27-16-18-11-12-19-7-3-4-8-20(19)15-18/h3-15,17H,16H2,1-2H3/b14-13+. The van der Waals surface area contributed by atoms with Crippen LogP contribution in [0, 0.1) is 0 Å². The summed E-state index contributed by atoms with van der Waals surface area (Å²) in [5.74, 6) is -0.558. The van der Waals surface area contributed by atoms with Gasteiger partial charge in [0.1, 0.15) is 6.61 Å². The fraction of sp³-hybridized carbons (Fsp3) is 0.167. The lowest BCUT2D eigenvalue weighted by Crippen LogP contribution is -2.10. The molecule has 0 fully saturated rings. The number of ether oxygens (including phenoxy) is 3. The molecule has 3 rings (SSSR count). The average Bonchev–Trinajstić information content (AvgIpc) is 2.71. The van der Waals surface area contributed by atoms with Crippen molar-refractivity contribution in [3.8, 4) is 11.5 Å². The third kappa shape index (κ3) is 5.94. The van der Waals surface area contributed by atoms with E-state index in [4.69, 9.17) is 14.2 Å². The van der Waals surface area contributed by atoms with E-state index in [1.54, 1.807) is 24.3 Å². The predicted octanol–water partition coefficient (Wildman–Crippen LogP) is 4.83. The van der Waals surface area contributed by atoms with Gasteiger partial charge in [0.15, 0.2) is 11.5 Å². The van der Waals surface area contributed by atoms with Gasteiger partial charge in [-0.15, -0.1) is 0 Å². The molecule has 0 aromatic heterocycles. The van der Waals surface area contributed by atoms with Crippen LogP contribution in [0.4, 0.5) is 0 Å². The maximum Gasteiger partial charge on any atom is 0.336 e. The Morgan fingerprint density at radius 1 is 0.828 bits per heavy atom. The summed E-state index contributed by atoms with van der Waals surface area (Å²) in [4.78, 5) is 23.9. The van der Waals surface area contributed by atoms with Gasteiger partial charge in [0.2, 0.25) is 0 Å². The SMILES string of the molecule is CC(C)Oc1ccccc1OC(=O)/C=C/C(=O)OCc1ccc2ccccc2c1. The van der Waals surface area contributed by atoms with Crippen molar-refractivity contribution < 1.29 is 23.8 Å². The van der Waals surface area contributed by atoms with Crippen LogP contribution in [0.15, 0.2) is 78.9 Å². The van der Waals surface area contributed by atoms with Crippen LogP contribution in [0.3, 0.4) is 0 Å². The van der Waals surface area contributed by atoms with Crippen molar-refractivity contribution in [2.45, 2.75) is 26.6 Å². The van der Waals surface area contributed by atoms with Crippen LogP contribution in [0.2, 0.25) is 0 Å². The number of rotatable bonds is 7. The number of carbonyl (C=O) groups is 2.